The van der Waals surface area contributed by atoms with Gasteiger partial charge in [0.05, 0.1) is 0 Å². The Morgan fingerprint density at radius 3 is 2.18 bits per heavy atom. The Labute approximate surface area is 103 Å². The molecule has 2 N–H and O–H groups in total. The van der Waals surface area contributed by atoms with Crippen LogP contribution in [-0.2, 0) is 10.3 Å². The molecule has 0 aromatic heterocycles. The molecule has 3 nitrogen and oxygen atoms in total. The van der Waals surface area contributed by atoms with Crippen LogP contribution in [0.2, 0.25) is 0 Å². The van der Waals surface area contributed by atoms with Crippen LogP contribution < -0.4 is 5.32 Å². The van der Waals surface area contributed by atoms with Gasteiger partial charge in [-0.05, 0) is 25.3 Å². The lowest BCUT2D eigenvalue weighted by Gasteiger charge is -2.32. The molecular weight excluding hydrogens is 214 g/mol. The van der Waals surface area contributed by atoms with Gasteiger partial charge in [0.25, 0.3) is 0 Å². The second kappa shape index (κ2) is 5.32. The van der Waals surface area contributed by atoms with Gasteiger partial charge in [-0.2, -0.15) is 0 Å². The van der Waals surface area contributed by atoms with Crippen molar-refractivity contribution in [1.29, 1.82) is 0 Å². The van der Waals surface area contributed by atoms with E-state index >= 15 is 0 Å². The van der Waals surface area contributed by atoms with Crippen molar-refractivity contribution in [3.63, 3.8) is 0 Å². The van der Waals surface area contributed by atoms with E-state index in [0.717, 1.165) is 5.56 Å². The number of carbonyl (C=O) groups is 1. The molecule has 0 aliphatic heterocycles. The lowest BCUT2D eigenvalue weighted by atomic mass is 9.90. The molecule has 0 aliphatic carbocycles. The number of rotatable bonds is 5. The van der Waals surface area contributed by atoms with Crippen LogP contribution in [0.5, 0.6) is 0 Å². The summed E-state index contributed by atoms with van der Waals surface area (Å²) in [6.45, 7) is 7.87. The van der Waals surface area contributed by atoms with Gasteiger partial charge in [0, 0.05) is 6.04 Å². The van der Waals surface area contributed by atoms with Crippen molar-refractivity contribution in [2.75, 3.05) is 0 Å². The number of hydrogen-bond donors (Lipinski definition) is 2. The number of carboxylic acids is 1. The summed E-state index contributed by atoms with van der Waals surface area (Å²) in [5, 5.41) is 12.7. The predicted octanol–water partition coefficient (Wildman–Crippen LogP) is 2.62. The van der Waals surface area contributed by atoms with Gasteiger partial charge in [0.1, 0.15) is 5.54 Å². The molecule has 17 heavy (non-hydrogen) atoms. The normalized spacial score (nSPS) is 16.5. The first-order valence-corrected chi connectivity index (χ1v) is 5.94. The van der Waals surface area contributed by atoms with E-state index in [1.807, 2.05) is 37.3 Å². The first-order valence-electron chi connectivity index (χ1n) is 5.94. The fraction of sp³-hybridized carbons (Fsp3) is 0.500. The summed E-state index contributed by atoms with van der Waals surface area (Å²) in [6, 6.07) is 9.42. The highest BCUT2D eigenvalue weighted by atomic mass is 16.4. The molecule has 0 saturated carbocycles. The highest BCUT2D eigenvalue weighted by molar-refractivity contribution is 5.80. The standard InChI is InChI=1S/C14H21NO2/c1-10(2)11(3)15-14(4,13(16)17)12-8-6-5-7-9-12/h5-11,15H,1-4H3,(H,16,17). The molecule has 1 aromatic carbocycles. The molecule has 94 valence electrons. The average molecular weight is 235 g/mol. The number of hydrogen-bond acceptors (Lipinski definition) is 2. The van der Waals surface area contributed by atoms with Gasteiger partial charge in [-0.1, -0.05) is 44.2 Å². The molecule has 0 spiro atoms. The van der Waals surface area contributed by atoms with Gasteiger partial charge in [-0.25, -0.2) is 4.79 Å². The molecule has 0 aliphatic rings. The monoisotopic (exact) mass is 235 g/mol. The van der Waals surface area contributed by atoms with Crippen molar-refractivity contribution in [3.05, 3.63) is 35.9 Å². The lowest BCUT2D eigenvalue weighted by Crippen LogP contribution is -2.51. The van der Waals surface area contributed by atoms with Crippen molar-refractivity contribution in [2.24, 2.45) is 5.92 Å². The minimum atomic E-state index is -1.04. The van der Waals surface area contributed by atoms with E-state index in [1.165, 1.54) is 0 Å². The molecule has 0 fully saturated rings. The van der Waals surface area contributed by atoms with Crippen molar-refractivity contribution >= 4 is 5.97 Å². The fourth-order valence-electron chi connectivity index (χ4n) is 1.66. The summed E-state index contributed by atoms with van der Waals surface area (Å²) in [5.74, 6) is -0.464. The Hall–Kier alpha value is -1.35. The first-order chi connectivity index (χ1) is 7.88. The van der Waals surface area contributed by atoms with Gasteiger partial charge in [-0.15, -0.1) is 0 Å². The van der Waals surface area contributed by atoms with Crippen molar-refractivity contribution in [1.82, 2.24) is 5.32 Å². The summed E-state index contributed by atoms with van der Waals surface area (Å²) in [6.07, 6.45) is 0. The largest absolute Gasteiger partial charge is 0.480 e. The summed E-state index contributed by atoms with van der Waals surface area (Å²) in [4.78, 5) is 11.5. The molecule has 0 amide bonds. The topological polar surface area (TPSA) is 49.3 Å². The van der Waals surface area contributed by atoms with Gasteiger partial charge in [-0.3, -0.25) is 5.32 Å². The second-order valence-electron chi connectivity index (χ2n) is 4.97. The van der Waals surface area contributed by atoms with E-state index in [0.29, 0.717) is 5.92 Å². The molecule has 0 heterocycles. The van der Waals surface area contributed by atoms with Crippen LogP contribution in [0.3, 0.4) is 0 Å². The third-order valence-electron chi connectivity index (χ3n) is 3.30. The molecule has 2 unspecified atom stereocenters. The van der Waals surface area contributed by atoms with Gasteiger partial charge < -0.3 is 5.11 Å². The molecule has 1 aromatic rings. The number of aliphatic carboxylic acids is 1. The van der Waals surface area contributed by atoms with Crippen LogP contribution in [0.1, 0.15) is 33.3 Å². The second-order valence-corrected chi connectivity index (χ2v) is 4.97. The van der Waals surface area contributed by atoms with Crippen LogP contribution in [0.4, 0.5) is 0 Å². The molecule has 0 bridgehead atoms. The van der Waals surface area contributed by atoms with E-state index in [1.54, 1.807) is 6.92 Å². The average Bonchev–Trinajstić information content (AvgIpc) is 2.29. The molecule has 1 rings (SSSR count). The van der Waals surface area contributed by atoms with E-state index < -0.39 is 11.5 Å². The Balaban J connectivity index is 3.03. The van der Waals surface area contributed by atoms with Crippen LogP contribution in [-0.4, -0.2) is 17.1 Å². The molecule has 0 radical (unpaired) electrons. The highest BCUT2D eigenvalue weighted by Crippen LogP contribution is 2.22. The maximum absolute atomic E-state index is 11.5. The maximum Gasteiger partial charge on any atom is 0.328 e. The molecular formula is C14H21NO2. The first kappa shape index (κ1) is 13.7. The number of carboxylic acid groups (broad SMARTS) is 1. The smallest absolute Gasteiger partial charge is 0.328 e. The highest BCUT2D eigenvalue weighted by Gasteiger charge is 2.36. The quantitative estimate of drug-likeness (QED) is 0.824. The van der Waals surface area contributed by atoms with Crippen molar-refractivity contribution in [3.8, 4) is 0 Å². The Kier molecular flexibility index (Phi) is 4.29. The summed E-state index contributed by atoms with van der Waals surface area (Å²) in [7, 11) is 0. The predicted molar refractivity (Wildman–Crippen MR) is 68.9 cm³/mol. The Morgan fingerprint density at radius 1 is 1.24 bits per heavy atom. The SMILES string of the molecule is CC(C)C(C)NC(C)(C(=O)O)c1ccccc1. The number of benzene rings is 1. The van der Waals surface area contributed by atoms with Gasteiger partial charge in [0.2, 0.25) is 0 Å². The van der Waals surface area contributed by atoms with Crippen LogP contribution >= 0.6 is 0 Å². The van der Waals surface area contributed by atoms with Crippen molar-refractivity contribution < 1.29 is 9.90 Å². The van der Waals surface area contributed by atoms with E-state index in [2.05, 4.69) is 19.2 Å². The van der Waals surface area contributed by atoms with Crippen LogP contribution in [0, 0.1) is 5.92 Å². The number of nitrogens with one attached hydrogen (secondary N) is 1. The Morgan fingerprint density at radius 2 is 1.76 bits per heavy atom. The molecule has 0 saturated heterocycles. The Bertz CT molecular complexity index is 375. The van der Waals surface area contributed by atoms with Gasteiger partial charge in [0.15, 0.2) is 0 Å². The minimum Gasteiger partial charge on any atom is -0.480 e. The summed E-state index contributed by atoms with van der Waals surface area (Å²) < 4.78 is 0. The summed E-state index contributed by atoms with van der Waals surface area (Å²) in [5.41, 5.74) is -0.259. The fourth-order valence-corrected chi connectivity index (χ4v) is 1.66. The van der Waals surface area contributed by atoms with E-state index in [-0.39, 0.29) is 6.04 Å². The zero-order chi connectivity index (χ0) is 13.1. The molecule has 2 atom stereocenters. The minimum absolute atomic E-state index is 0.135. The lowest BCUT2D eigenvalue weighted by molar-refractivity contribution is -0.145. The van der Waals surface area contributed by atoms with Crippen LogP contribution in [0.25, 0.3) is 0 Å². The van der Waals surface area contributed by atoms with E-state index in [9.17, 15) is 9.90 Å². The van der Waals surface area contributed by atoms with Crippen LogP contribution in [0.15, 0.2) is 30.3 Å². The molecule has 3 heteroatoms. The third-order valence-corrected chi connectivity index (χ3v) is 3.30. The summed E-state index contributed by atoms with van der Waals surface area (Å²) >= 11 is 0. The maximum atomic E-state index is 11.5. The zero-order valence-electron chi connectivity index (χ0n) is 10.9. The van der Waals surface area contributed by atoms with Crippen molar-refractivity contribution in [2.45, 2.75) is 39.3 Å². The van der Waals surface area contributed by atoms with E-state index in [4.69, 9.17) is 0 Å². The van der Waals surface area contributed by atoms with Gasteiger partial charge >= 0.3 is 5.97 Å². The zero-order valence-corrected chi connectivity index (χ0v) is 10.9. The third kappa shape index (κ3) is 3.07.